The van der Waals surface area contributed by atoms with Gasteiger partial charge in [-0.2, -0.15) is 0 Å². The van der Waals surface area contributed by atoms with Crippen LogP contribution in [0, 0.1) is 5.92 Å². The van der Waals surface area contributed by atoms with E-state index in [4.69, 9.17) is 9.47 Å². The van der Waals surface area contributed by atoms with Crippen LogP contribution in [-0.4, -0.2) is 57.6 Å². The number of aromatic nitrogens is 1. The fraction of sp³-hybridized carbons (Fsp3) is 0.650. The lowest BCUT2D eigenvalue weighted by molar-refractivity contribution is 0.0269. The first-order valence-electron chi connectivity index (χ1n) is 9.44. The Labute approximate surface area is 166 Å². The van der Waals surface area contributed by atoms with E-state index < -0.39 is 29.5 Å². The average molecular weight is 393 g/mol. The molecule has 1 aliphatic heterocycles. The quantitative estimate of drug-likeness (QED) is 0.818. The zero-order valence-corrected chi connectivity index (χ0v) is 17.5. The van der Waals surface area contributed by atoms with Gasteiger partial charge in [-0.15, -0.1) is 0 Å². The molecule has 0 saturated carbocycles. The van der Waals surface area contributed by atoms with E-state index in [1.807, 2.05) is 26.8 Å². The molecule has 2 heterocycles. The van der Waals surface area contributed by atoms with Crippen LogP contribution in [-0.2, 0) is 15.9 Å². The van der Waals surface area contributed by atoms with Gasteiger partial charge in [0.15, 0.2) is 0 Å². The number of carbonyl (C=O) groups is 2. The summed E-state index contributed by atoms with van der Waals surface area (Å²) >= 11 is 0. The minimum atomic E-state index is -0.656. The first-order chi connectivity index (χ1) is 12.8. The zero-order chi connectivity index (χ0) is 21.1. The molecule has 2 rings (SSSR count). The Morgan fingerprint density at radius 3 is 2.39 bits per heavy atom. The van der Waals surface area contributed by atoms with Crippen LogP contribution >= 0.6 is 0 Å². The summed E-state index contributed by atoms with van der Waals surface area (Å²) in [6.07, 6.45) is -1.18. The third-order valence-corrected chi connectivity index (χ3v) is 3.97. The van der Waals surface area contributed by atoms with Gasteiger partial charge in [0, 0.05) is 18.2 Å². The molecule has 1 aliphatic rings. The molecule has 0 spiro atoms. The number of likely N-dealkylation sites (tertiary alicyclic amines) is 1. The summed E-state index contributed by atoms with van der Waals surface area (Å²) < 4.78 is 10.6. The lowest BCUT2D eigenvalue weighted by Gasteiger charge is -2.24. The Morgan fingerprint density at radius 2 is 1.79 bits per heavy atom. The lowest BCUT2D eigenvalue weighted by atomic mass is 10.00. The zero-order valence-electron chi connectivity index (χ0n) is 17.5. The van der Waals surface area contributed by atoms with Crippen LogP contribution < -0.4 is 5.32 Å². The number of rotatable bonds is 3. The van der Waals surface area contributed by atoms with Gasteiger partial charge < -0.3 is 19.5 Å². The number of hydrogen-bond acceptors (Lipinski definition) is 6. The van der Waals surface area contributed by atoms with E-state index >= 15 is 0 Å². The van der Waals surface area contributed by atoms with E-state index in [1.165, 1.54) is 4.90 Å². The molecule has 8 heteroatoms. The van der Waals surface area contributed by atoms with Crippen molar-refractivity contribution in [3.8, 4) is 0 Å². The van der Waals surface area contributed by atoms with Gasteiger partial charge >= 0.3 is 12.2 Å². The van der Waals surface area contributed by atoms with Crippen molar-refractivity contribution < 1.29 is 24.2 Å². The molecule has 0 radical (unpaired) electrons. The molecular formula is C20H31N3O5. The molecule has 1 fully saturated rings. The maximum atomic E-state index is 12.2. The molecule has 0 aliphatic carbocycles. The van der Waals surface area contributed by atoms with Crippen molar-refractivity contribution in [2.75, 3.05) is 18.4 Å². The predicted molar refractivity (Wildman–Crippen MR) is 105 cm³/mol. The van der Waals surface area contributed by atoms with Crippen LogP contribution in [0.2, 0.25) is 0 Å². The molecule has 1 saturated heterocycles. The van der Waals surface area contributed by atoms with Crippen molar-refractivity contribution in [3.05, 3.63) is 23.9 Å². The number of aliphatic hydroxyl groups is 1. The number of hydrogen-bond donors (Lipinski definition) is 2. The fourth-order valence-corrected chi connectivity index (χ4v) is 2.87. The minimum absolute atomic E-state index is 0.156. The Bertz CT molecular complexity index is 709. The van der Waals surface area contributed by atoms with Gasteiger partial charge in [-0.1, -0.05) is 6.07 Å². The SMILES string of the molecule is CC(C)(C)OC(=O)Nc1cccc(CC2CN(C(=O)OC(C)(C)C)CC2O)n1. The van der Waals surface area contributed by atoms with Crippen LogP contribution in [0.5, 0.6) is 0 Å². The smallest absolute Gasteiger partial charge is 0.413 e. The summed E-state index contributed by atoms with van der Waals surface area (Å²) in [4.78, 5) is 30.0. The second-order valence-corrected chi connectivity index (χ2v) is 9.06. The maximum absolute atomic E-state index is 12.2. The molecule has 2 N–H and O–H groups in total. The van der Waals surface area contributed by atoms with E-state index in [1.54, 1.807) is 32.9 Å². The number of ether oxygens (including phenoxy) is 2. The van der Waals surface area contributed by atoms with Gasteiger partial charge in [0.1, 0.15) is 17.0 Å². The second-order valence-electron chi connectivity index (χ2n) is 9.06. The van der Waals surface area contributed by atoms with Gasteiger partial charge in [-0.25, -0.2) is 14.6 Å². The Hall–Kier alpha value is -2.35. The van der Waals surface area contributed by atoms with E-state index in [0.717, 1.165) is 0 Å². The third-order valence-electron chi connectivity index (χ3n) is 3.97. The van der Waals surface area contributed by atoms with Crippen molar-refractivity contribution in [2.45, 2.75) is 65.3 Å². The highest BCUT2D eigenvalue weighted by molar-refractivity contribution is 5.83. The van der Waals surface area contributed by atoms with Gasteiger partial charge in [-0.05, 0) is 60.1 Å². The number of nitrogens with one attached hydrogen (secondary N) is 1. The van der Waals surface area contributed by atoms with Crippen LogP contribution in [0.3, 0.4) is 0 Å². The molecular weight excluding hydrogens is 362 g/mol. The van der Waals surface area contributed by atoms with Crippen molar-refractivity contribution in [3.63, 3.8) is 0 Å². The molecule has 156 valence electrons. The number of pyridine rings is 1. The van der Waals surface area contributed by atoms with Crippen LogP contribution in [0.15, 0.2) is 18.2 Å². The van der Waals surface area contributed by atoms with E-state index in [-0.39, 0.29) is 12.5 Å². The summed E-state index contributed by atoms with van der Waals surface area (Å²) in [7, 11) is 0. The van der Waals surface area contributed by atoms with Crippen LogP contribution in [0.1, 0.15) is 47.2 Å². The van der Waals surface area contributed by atoms with Gasteiger partial charge in [0.05, 0.1) is 12.6 Å². The number of nitrogens with zero attached hydrogens (tertiary/aromatic N) is 2. The van der Waals surface area contributed by atoms with Gasteiger partial charge in [-0.3, -0.25) is 5.32 Å². The van der Waals surface area contributed by atoms with E-state index in [2.05, 4.69) is 10.3 Å². The molecule has 2 atom stereocenters. The van der Waals surface area contributed by atoms with E-state index in [0.29, 0.717) is 24.5 Å². The van der Waals surface area contributed by atoms with Crippen LogP contribution in [0.25, 0.3) is 0 Å². The summed E-state index contributed by atoms with van der Waals surface area (Å²) in [5, 5.41) is 13.0. The second kappa shape index (κ2) is 8.34. The number of β-amino-alcohol motifs (C(OH)–C–C–N with tert-alkyl or cyclic N) is 1. The Kier molecular flexibility index (Phi) is 6.54. The third kappa shape index (κ3) is 6.99. The fourth-order valence-electron chi connectivity index (χ4n) is 2.87. The molecule has 0 aromatic carbocycles. The van der Waals surface area contributed by atoms with Crippen molar-refractivity contribution in [2.24, 2.45) is 5.92 Å². The highest BCUT2D eigenvalue weighted by Crippen LogP contribution is 2.23. The number of anilines is 1. The molecule has 2 amide bonds. The first kappa shape index (κ1) is 21.9. The summed E-state index contributed by atoms with van der Waals surface area (Å²) in [5.41, 5.74) is -0.465. The monoisotopic (exact) mass is 393 g/mol. The summed E-state index contributed by atoms with van der Waals surface area (Å²) in [6, 6.07) is 5.27. The standard InChI is InChI=1S/C20H31N3O5/c1-19(2,3)27-17(25)22-16-9-7-8-14(21-16)10-13-11-23(12-15(13)24)18(26)28-20(4,5)6/h7-9,13,15,24H,10-12H2,1-6H3,(H,21,22,25). The molecule has 1 aromatic heterocycles. The molecule has 1 aromatic rings. The van der Waals surface area contributed by atoms with Crippen molar-refractivity contribution in [1.82, 2.24) is 9.88 Å². The summed E-state index contributed by atoms with van der Waals surface area (Å²) in [6.45, 7) is 11.4. The van der Waals surface area contributed by atoms with Gasteiger partial charge in [0.25, 0.3) is 0 Å². The topological polar surface area (TPSA) is 101 Å². The number of amides is 2. The summed E-state index contributed by atoms with van der Waals surface area (Å²) in [5.74, 6) is 0.222. The molecule has 28 heavy (non-hydrogen) atoms. The first-order valence-corrected chi connectivity index (χ1v) is 9.44. The molecule has 2 unspecified atom stereocenters. The molecule has 8 nitrogen and oxygen atoms in total. The average Bonchev–Trinajstić information content (AvgIpc) is 2.85. The highest BCUT2D eigenvalue weighted by Gasteiger charge is 2.36. The highest BCUT2D eigenvalue weighted by atomic mass is 16.6. The maximum Gasteiger partial charge on any atom is 0.413 e. The minimum Gasteiger partial charge on any atom is -0.444 e. The predicted octanol–water partition coefficient (Wildman–Crippen LogP) is 3.20. The Morgan fingerprint density at radius 1 is 1.14 bits per heavy atom. The van der Waals surface area contributed by atoms with Crippen LogP contribution in [0.4, 0.5) is 15.4 Å². The number of carbonyl (C=O) groups excluding carboxylic acids is 2. The Balaban J connectivity index is 1.96. The van der Waals surface area contributed by atoms with Gasteiger partial charge in [0.2, 0.25) is 0 Å². The van der Waals surface area contributed by atoms with E-state index in [9.17, 15) is 14.7 Å². The van der Waals surface area contributed by atoms with Crippen molar-refractivity contribution >= 4 is 18.0 Å². The van der Waals surface area contributed by atoms with Crippen molar-refractivity contribution in [1.29, 1.82) is 0 Å². The largest absolute Gasteiger partial charge is 0.444 e. The molecule has 0 bridgehead atoms. The number of aliphatic hydroxyl groups excluding tert-OH is 1. The normalized spacial score (nSPS) is 20.0. The lowest BCUT2D eigenvalue weighted by Crippen LogP contribution is -2.35.